The van der Waals surface area contributed by atoms with E-state index < -0.39 is 0 Å². The Kier molecular flexibility index (Phi) is 7.33. The maximum Gasteiger partial charge on any atom is 0.252 e. The Hall–Kier alpha value is -3.34. The van der Waals surface area contributed by atoms with Crippen molar-refractivity contribution < 1.29 is 9.47 Å². The van der Waals surface area contributed by atoms with Gasteiger partial charge >= 0.3 is 0 Å². The number of methoxy groups -OCH3 is 1. The largest absolute Gasteiger partial charge is 0.383 e. The van der Waals surface area contributed by atoms with Gasteiger partial charge in [-0.05, 0) is 58.2 Å². The summed E-state index contributed by atoms with van der Waals surface area (Å²) in [5, 5.41) is 3.29. The van der Waals surface area contributed by atoms with Crippen LogP contribution in [0, 0.1) is 6.92 Å². The van der Waals surface area contributed by atoms with Gasteiger partial charge in [0.15, 0.2) is 0 Å². The van der Waals surface area contributed by atoms with Crippen molar-refractivity contribution >= 4 is 23.3 Å². The molecule has 10 heteroatoms. The van der Waals surface area contributed by atoms with Gasteiger partial charge in [-0.25, -0.2) is 9.97 Å². The zero-order valence-electron chi connectivity index (χ0n) is 24.8. The van der Waals surface area contributed by atoms with Gasteiger partial charge in [0.1, 0.15) is 11.6 Å². The molecule has 6 rings (SSSR count). The smallest absolute Gasteiger partial charge is 0.252 e. The van der Waals surface area contributed by atoms with E-state index in [-0.39, 0.29) is 28.7 Å². The molecular formula is C31H41N7O3. The van der Waals surface area contributed by atoms with Gasteiger partial charge in [-0.2, -0.15) is 4.98 Å². The summed E-state index contributed by atoms with van der Waals surface area (Å²) in [6.07, 6.45) is 6.54. The summed E-state index contributed by atoms with van der Waals surface area (Å²) in [7, 11) is 1.73. The molecule has 218 valence electrons. The summed E-state index contributed by atoms with van der Waals surface area (Å²) in [5.74, 6) is 2.16. The Labute approximate surface area is 241 Å². The molecule has 3 aliphatic rings. The molecule has 0 bridgehead atoms. The highest BCUT2D eigenvalue weighted by Gasteiger charge is 2.55. The van der Waals surface area contributed by atoms with E-state index in [0.717, 1.165) is 68.4 Å². The number of pyridine rings is 2. The van der Waals surface area contributed by atoms with Crippen LogP contribution in [0.1, 0.15) is 57.3 Å². The molecule has 0 spiro atoms. The van der Waals surface area contributed by atoms with Gasteiger partial charge in [0.2, 0.25) is 5.95 Å². The maximum absolute atomic E-state index is 13.1. The normalized spacial score (nSPS) is 24.2. The Balaban J connectivity index is 1.26. The number of aryl methyl sites for hydroxylation is 1. The number of fused-ring (bicyclic) bond motifs is 3. The van der Waals surface area contributed by atoms with Crippen molar-refractivity contribution in [1.82, 2.24) is 24.4 Å². The lowest BCUT2D eigenvalue weighted by Crippen LogP contribution is -2.54. The Morgan fingerprint density at radius 3 is 2.68 bits per heavy atom. The lowest BCUT2D eigenvalue weighted by molar-refractivity contribution is -0.0893. The van der Waals surface area contributed by atoms with Crippen LogP contribution in [-0.4, -0.2) is 76.0 Å². The van der Waals surface area contributed by atoms with E-state index in [1.165, 1.54) is 0 Å². The first-order valence-electron chi connectivity index (χ1n) is 14.6. The molecule has 3 aliphatic heterocycles. The van der Waals surface area contributed by atoms with Crippen molar-refractivity contribution in [3.05, 3.63) is 64.3 Å². The average molecular weight is 560 g/mol. The van der Waals surface area contributed by atoms with E-state index >= 15 is 0 Å². The number of anilines is 4. The molecular weight excluding hydrogens is 518 g/mol. The van der Waals surface area contributed by atoms with Crippen LogP contribution in [-0.2, 0) is 14.9 Å². The monoisotopic (exact) mass is 559 g/mol. The molecule has 2 fully saturated rings. The van der Waals surface area contributed by atoms with E-state index in [1.54, 1.807) is 13.2 Å². The summed E-state index contributed by atoms with van der Waals surface area (Å²) >= 11 is 0. The van der Waals surface area contributed by atoms with Crippen molar-refractivity contribution in [2.24, 2.45) is 0 Å². The van der Waals surface area contributed by atoms with E-state index in [9.17, 15) is 4.79 Å². The van der Waals surface area contributed by atoms with Crippen LogP contribution in [0.15, 0.2) is 47.5 Å². The fourth-order valence-electron chi connectivity index (χ4n) is 6.56. The van der Waals surface area contributed by atoms with Crippen LogP contribution < -0.4 is 15.8 Å². The highest BCUT2D eigenvalue weighted by atomic mass is 16.5. The van der Waals surface area contributed by atoms with Crippen LogP contribution >= 0.6 is 0 Å². The third-order valence-electron chi connectivity index (χ3n) is 8.99. The van der Waals surface area contributed by atoms with Gasteiger partial charge in [-0.1, -0.05) is 13.0 Å². The minimum absolute atomic E-state index is 0.0185. The van der Waals surface area contributed by atoms with Crippen molar-refractivity contribution in [1.29, 1.82) is 0 Å². The Bertz CT molecular complexity index is 1470. The van der Waals surface area contributed by atoms with Gasteiger partial charge in [-0.3, -0.25) is 4.79 Å². The number of piperidine rings is 1. The van der Waals surface area contributed by atoms with Crippen molar-refractivity contribution in [3.8, 4) is 0 Å². The molecule has 0 unspecified atom stereocenters. The number of aromatic nitrogens is 4. The van der Waals surface area contributed by atoms with Gasteiger partial charge in [-0.15, -0.1) is 0 Å². The van der Waals surface area contributed by atoms with Crippen molar-refractivity contribution in [2.45, 2.75) is 70.1 Å². The average Bonchev–Trinajstić information content (AvgIpc) is 3.19. The standard InChI is InChI=1S/C31H41N7O3/c1-21-7-6-8-26(33-21)38-25-18-30(2,3)41-20-31(25,4)24-19-32-29(35-28(24)38)34-22-9-14-37(27(39)17-22)23-10-12-36(13-11-23)15-16-40-5/h6-9,14,17,19,23,25H,10-13,15-16,18,20H2,1-5H3,(H,32,34,35)/t25-,31-/m1/s1. The summed E-state index contributed by atoms with van der Waals surface area (Å²) < 4.78 is 13.4. The number of hydrogen-bond acceptors (Lipinski definition) is 9. The molecule has 3 aromatic rings. The first-order chi connectivity index (χ1) is 19.7. The fourth-order valence-corrected chi connectivity index (χ4v) is 6.56. The highest BCUT2D eigenvalue weighted by molar-refractivity contribution is 5.71. The van der Waals surface area contributed by atoms with Gasteiger partial charge in [0.25, 0.3) is 5.56 Å². The second-order valence-corrected chi connectivity index (χ2v) is 12.5. The van der Waals surface area contributed by atoms with Crippen LogP contribution in [0.5, 0.6) is 0 Å². The molecule has 3 aromatic heterocycles. The molecule has 2 saturated heterocycles. The predicted octanol–water partition coefficient (Wildman–Crippen LogP) is 4.35. The fraction of sp³-hybridized carbons (Fsp3) is 0.548. The van der Waals surface area contributed by atoms with Gasteiger partial charge < -0.3 is 29.2 Å². The number of ether oxygens (including phenoxy) is 2. The Morgan fingerprint density at radius 2 is 1.95 bits per heavy atom. The molecule has 1 N–H and O–H groups in total. The minimum Gasteiger partial charge on any atom is -0.383 e. The number of rotatable bonds is 7. The summed E-state index contributed by atoms with van der Waals surface area (Å²) in [4.78, 5) is 32.4. The summed E-state index contributed by atoms with van der Waals surface area (Å²) in [5.41, 5.74) is 2.14. The van der Waals surface area contributed by atoms with Gasteiger partial charge in [0.05, 0.1) is 24.9 Å². The number of hydrogen-bond donors (Lipinski definition) is 1. The molecule has 6 heterocycles. The molecule has 0 aliphatic carbocycles. The highest BCUT2D eigenvalue weighted by Crippen LogP contribution is 2.52. The van der Waals surface area contributed by atoms with Crippen LogP contribution in [0.25, 0.3) is 0 Å². The lowest BCUT2D eigenvalue weighted by Gasteiger charge is -2.46. The topological polar surface area (TPSA) is 97.6 Å². The molecule has 0 saturated carbocycles. The number of nitrogens with zero attached hydrogens (tertiary/aromatic N) is 6. The summed E-state index contributed by atoms with van der Waals surface area (Å²) in [6.45, 7) is 12.7. The maximum atomic E-state index is 13.1. The van der Waals surface area contributed by atoms with Crippen molar-refractivity contribution in [2.75, 3.05) is 50.2 Å². The zero-order valence-corrected chi connectivity index (χ0v) is 24.8. The summed E-state index contributed by atoms with van der Waals surface area (Å²) in [6, 6.07) is 10.0. The molecule has 2 atom stereocenters. The second-order valence-electron chi connectivity index (χ2n) is 12.5. The third kappa shape index (κ3) is 5.36. The SMILES string of the molecule is COCCN1CCC(n2ccc(Nc3ncc4c(n3)N(c3cccc(C)n3)[C@@H]3CC(C)(C)OC[C@]43C)cc2=O)CC1. The number of likely N-dealkylation sites (tertiary alicyclic amines) is 1. The quantitative estimate of drug-likeness (QED) is 0.453. The molecule has 10 nitrogen and oxygen atoms in total. The Morgan fingerprint density at radius 1 is 1.15 bits per heavy atom. The molecule has 0 aromatic carbocycles. The first-order valence-corrected chi connectivity index (χ1v) is 14.6. The molecule has 41 heavy (non-hydrogen) atoms. The molecule has 0 amide bonds. The van der Waals surface area contributed by atoms with Crippen molar-refractivity contribution in [3.63, 3.8) is 0 Å². The lowest BCUT2D eigenvalue weighted by atomic mass is 9.73. The predicted molar refractivity (Wildman–Crippen MR) is 160 cm³/mol. The zero-order chi connectivity index (χ0) is 28.8. The van der Waals surface area contributed by atoms with Crippen LogP contribution in [0.2, 0.25) is 0 Å². The van der Waals surface area contributed by atoms with Gasteiger partial charge in [0, 0.05) is 73.6 Å². The van der Waals surface area contributed by atoms with Crippen LogP contribution in [0.4, 0.5) is 23.3 Å². The van der Waals surface area contributed by atoms with Crippen LogP contribution in [0.3, 0.4) is 0 Å². The molecule has 0 radical (unpaired) electrons. The number of nitrogens with one attached hydrogen (secondary N) is 1. The third-order valence-corrected chi connectivity index (χ3v) is 8.99. The second kappa shape index (κ2) is 10.8. The first kappa shape index (κ1) is 27.8. The minimum atomic E-state index is -0.269. The van der Waals surface area contributed by atoms with E-state index in [1.807, 2.05) is 48.1 Å². The van der Waals surface area contributed by atoms with E-state index in [4.69, 9.17) is 19.4 Å². The van der Waals surface area contributed by atoms with E-state index in [0.29, 0.717) is 18.2 Å². The van der Waals surface area contributed by atoms with E-state index in [2.05, 4.69) is 40.9 Å².